The molecule has 0 bridgehead atoms. The zero-order chi connectivity index (χ0) is 13.4. The number of nitrogens with zero attached hydrogens (tertiary/aromatic N) is 3. The largest absolute Gasteiger partial charge is 0.465 e. The Morgan fingerprint density at radius 3 is 2.74 bits per heavy atom. The van der Waals surface area contributed by atoms with Crippen LogP contribution in [0, 0.1) is 0 Å². The third-order valence-electron chi connectivity index (χ3n) is 3.45. The lowest BCUT2D eigenvalue weighted by molar-refractivity contribution is -0.142. The van der Waals surface area contributed by atoms with Crippen molar-refractivity contribution in [2.45, 2.75) is 61.9 Å². The Hall–Kier alpha value is -1.04. The van der Waals surface area contributed by atoms with Crippen LogP contribution in [0.25, 0.3) is 0 Å². The van der Waals surface area contributed by atoms with Crippen molar-refractivity contribution in [3.8, 4) is 0 Å². The summed E-state index contributed by atoms with van der Waals surface area (Å²) in [4.78, 5) is 11.7. The molecule has 1 unspecified atom stereocenters. The molecule has 0 radical (unpaired) electrons. The number of hydrogen-bond donors (Lipinski definition) is 0. The standard InChI is InChI=1S/C13H19N3O2S/c1-3-18-12(17)8(2)19-13-15-14-11(9-4-5-9)16(13)10-6-7-10/h8-10H,3-7H2,1-2H3. The molecule has 0 amide bonds. The van der Waals surface area contributed by atoms with Crippen LogP contribution in [0.3, 0.4) is 0 Å². The number of thioether (sulfide) groups is 1. The zero-order valence-corrected chi connectivity index (χ0v) is 12.2. The number of hydrogen-bond acceptors (Lipinski definition) is 5. The summed E-state index contributed by atoms with van der Waals surface area (Å²) in [6.45, 7) is 4.12. The molecule has 1 aromatic heterocycles. The summed E-state index contributed by atoms with van der Waals surface area (Å²) < 4.78 is 7.30. The molecule has 2 aliphatic carbocycles. The molecule has 0 spiro atoms. The van der Waals surface area contributed by atoms with Gasteiger partial charge in [0.1, 0.15) is 11.1 Å². The minimum absolute atomic E-state index is 0.175. The normalized spacial score (nSPS) is 20.3. The van der Waals surface area contributed by atoms with Gasteiger partial charge in [0.25, 0.3) is 0 Å². The van der Waals surface area contributed by atoms with Gasteiger partial charge < -0.3 is 9.30 Å². The second-order valence-corrected chi connectivity index (χ2v) is 6.54. The summed E-state index contributed by atoms with van der Waals surface area (Å²) in [6.07, 6.45) is 4.87. The molecule has 6 heteroatoms. The predicted octanol–water partition coefficient (Wildman–Crippen LogP) is 2.53. The molecule has 0 aromatic carbocycles. The molecule has 3 rings (SSSR count). The van der Waals surface area contributed by atoms with Crippen molar-refractivity contribution >= 4 is 17.7 Å². The van der Waals surface area contributed by atoms with E-state index in [9.17, 15) is 4.79 Å². The van der Waals surface area contributed by atoms with Crippen LogP contribution in [0.1, 0.15) is 57.3 Å². The van der Waals surface area contributed by atoms with Gasteiger partial charge in [0.15, 0.2) is 5.16 Å². The van der Waals surface area contributed by atoms with Gasteiger partial charge in [0.2, 0.25) is 0 Å². The monoisotopic (exact) mass is 281 g/mol. The topological polar surface area (TPSA) is 57.0 Å². The third-order valence-corrected chi connectivity index (χ3v) is 4.48. The van der Waals surface area contributed by atoms with Gasteiger partial charge in [-0.2, -0.15) is 0 Å². The molecule has 104 valence electrons. The molecular weight excluding hydrogens is 262 g/mol. The summed E-state index contributed by atoms with van der Waals surface area (Å²) in [5, 5.41) is 9.28. The molecule has 0 aliphatic heterocycles. The first-order valence-electron chi connectivity index (χ1n) is 6.98. The van der Waals surface area contributed by atoms with E-state index in [2.05, 4.69) is 14.8 Å². The van der Waals surface area contributed by atoms with Crippen LogP contribution in [0.2, 0.25) is 0 Å². The maximum absolute atomic E-state index is 11.7. The van der Waals surface area contributed by atoms with E-state index >= 15 is 0 Å². The average Bonchev–Trinajstić information content (AvgIpc) is 3.29. The number of carbonyl (C=O) groups is 1. The van der Waals surface area contributed by atoms with E-state index in [0.717, 1.165) is 11.0 Å². The van der Waals surface area contributed by atoms with Crippen molar-refractivity contribution in [1.82, 2.24) is 14.8 Å². The number of ether oxygens (including phenoxy) is 1. The van der Waals surface area contributed by atoms with E-state index < -0.39 is 0 Å². The Kier molecular flexibility index (Phi) is 3.52. The summed E-state index contributed by atoms with van der Waals surface area (Å²) in [5.41, 5.74) is 0. The van der Waals surface area contributed by atoms with Crippen molar-refractivity contribution in [3.63, 3.8) is 0 Å². The highest BCUT2D eigenvalue weighted by molar-refractivity contribution is 8.00. The molecule has 2 fully saturated rings. The fourth-order valence-electron chi connectivity index (χ4n) is 2.13. The highest BCUT2D eigenvalue weighted by Gasteiger charge is 2.37. The Labute approximate surface area is 117 Å². The zero-order valence-electron chi connectivity index (χ0n) is 11.3. The molecule has 5 nitrogen and oxygen atoms in total. The summed E-state index contributed by atoms with van der Waals surface area (Å²) in [5.74, 6) is 1.55. The van der Waals surface area contributed by atoms with Gasteiger partial charge in [0.05, 0.1) is 6.61 Å². The Morgan fingerprint density at radius 2 is 2.16 bits per heavy atom. The van der Waals surface area contributed by atoms with Crippen molar-refractivity contribution in [3.05, 3.63) is 5.82 Å². The highest BCUT2D eigenvalue weighted by Crippen LogP contribution is 2.46. The summed E-state index contributed by atoms with van der Waals surface area (Å²) in [7, 11) is 0. The van der Waals surface area contributed by atoms with Gasteiger partial charge in [-0.1, -0.05) is 11.8 Å². The smallest absolute Gasteiger partial charge is 0.319 e. The van der Waals surface area contributed by atoms with Crippen molar-refractivity contribution in [1.29, 1.82) is 0 Å². The molecular formula is C13H19N3O2S. The molecule has 19 heavy (non-hydrogen) atoms. The van der Waals surface area contributed by atoms with E-state index in [1.807, 2.05) is 13.8 Å². The molecule has 2 aliphatic rings. The van der Waals surface area contributed by atoms with Gasteiger partial charge in [-0.25, -0.2) is 0 Å². The van der Waals surface area contributed by atoms with E-state index in [-0.39, 0.29) is 11.2 Å². The number of esters is 1. The lowest BCUT2D eigenvalue weighted by Crippen LogP contribution is -2.17. The number of aromatic nitrogens is 3. The van der Waals surface area contributed by atoms with E-state index in [1.165, 1.54) is 37.4 Å². The van der Waals surface area contributed by atoms with Gasteiger partial charge >= 0.3 is 5.97 Å². The van der Waals surface area contributed by atoms with Gasteiger partial charge in [-0.3, -0.25) is 4.79 Å². The van der Waals surface area contributed by atoms with Crippen LogP contribution < -0.4 is 0 Å². The first-order chi connectivity index (χ1) is 9.20. The van der Waals surface area contributed by atoms with E-state index in [4.69, 9.17) is 4.74 Å². The average molecular weight is 281 g/mol. The molecule has 1 heterocycles. The maximum Gasteiger partial charge on any atom is 0.319 e. The van der Waals surface area contributed by atoms with Crippen molar-refractivity contribution < 1.29 is 9.53 Å². The first-order valence-corrected chi connectivity index (χ1v) is 7.86. The van der Waals surface area contributed by atoms with Crippen LogP contribution in [-0.4, -0.2) is 32.6 Å². The van der Waals surface area contributed by atoms with Gasteiger partial charge in [-0.05, 0) is 39.5 Å². The molecule has 0 N–H and O–H groups in total. The quantitative estimate of drug-likeness (QED) is 0.592. The van der Waals surface area contributed by atoms with Crippen molar-refractivity contribution in [2.75, 3.05) is 6.61 Å². The Balaban J connectivity index is 1.75. The van der Waals surface area contributed by atoms with Crippen LogP contribution >= 0.6 is 11.8 Å². The predicted molar refractivity (Wildman–Crippen MR) is 72.2 cm³/mol. The van der Waals surface area contributed by atoms with Crippen molar-refractivity contribution in [2.24, 2.45) is 0 Å². The van der Waals surface area contributed by atoms with Crippen LogP contribution in [0.4, 0.5) is 0 Å². The molecule has 2 saturated carbocycles. The van der Waals surface area contributed by atoms with Crippen LogP contribution in [0.5, 0.6) is 0 Å². The number of carbonyl (C=O) groups excluding carboxylic acids is 1. The Morgan fingerprint density at radius 1 is 1.42 bits per heavy atom. The van der Waals surface area contributed by atoms with Gasteiger partial charge in [-0.15, -0.1) is 10.2 Å². The Bertz CT molecular complexity index is 480. The van der Waals surface area contributed by atoms with Gasteiger partial charge in [0, 0.05) is 12.0 Å². The lowest BCUT2D eigenvalue weighted by atomic mass is 10.4. The minimum Gasteiger partial charge on any atom is -0.465 e. The number of rotatable bonds is 6. The molecule has 0 saturated heterocycles. The van der Waals surface area contributed by atoms with Crippen LogP contribution in [-0.2, 0) is 9.53 Å². The second-order valence-electron chi connectivity index (χ2n) is 5.23. The SMILES string of the molecule is CCOC(=O)C(C)Sc1nnc(C2CC2)n1C1CC1. The van der Waals surface area contributed by atoms with E-state index in [1.54, 1.807) is 0 Å². The minimum atomic E-state index is -0.228. The van der Waals surface area contributed by atoms with E-state index in [0.29, 0.717) is 18.6 Å². The van der Waals surface area contributed by atoms with Crippen LogP contribution in [0.15, 0.2) is 5.16 Å². The second kappa shape index (κ2) is 5.15. The molecule has 1 atom stereocenters. The molecule has 1 aromatic rings. The third kappa shape index (κ3) is 2.78. The summed E-state index contributed by atoms with van der Waals surface area (Å²) in [6, 6.07) is 0.558. The first kappa shape index (κ1) is 13.0. The fourth-order valence-corrected chi connectivity index (χ4v) is 3.06. The maximum atomic E-state index is 11.7. The lowest BCUT2D eigenvalue weighted by Gasteiger charge is -2.11. The fraction of sp³-hybridized carbons (Fsp3) is 0.769. The summed E-state index contributed by atoms with van der Waals surface area (Å²) >= 11 is 1.47. The highest BCUT2D eigenvalue weighted by atomic mass is 32.2.